The van der Waals surface area contributed by atoms with Gasteiger partial charge in [0.25, 0.3) is 0 Å². The Balaban J connectivity index is 2.39. The van der Waals surface area contributed by atoms with Crippen molar-refractivity contribution in [2.24, 2.45) is 5.92 Å². The van der Waals surface area contributed by atoms with Crippen LogP contribution >= 0.6 is 0 Å². The Morgan fingerprint density at radius 1 is 1.38 bits per heavy atom. The van der Waals surface area contributed by atoms with Gasteiger partial charge in [0.1, 0.15) is 5.60 Å². The number of nitrogens with zero attached hydrogens (tertiary/aromatic N) is 2. The molecule has 1 saturated heterocycles. The quantitative estimate of drug-likeness (QED) is 0.845. The summed E-state index contributed by atoms with van der Waals surface area (Å²) in [6, 6.07) is 0.888. The molecule has 0 radical (unpaired) electrons. The molecule has 1 rings (SSSR count). The number of carbonyl (C=O) groups is 1. The highest BCUT2D eigenvalue weighted by Crippen LogP contribution is 2.16. The van der Waals surface area contributed by atoms with Crippen LogP contribution in [-0.2, 0) is 4.74 Å². The minimum Gasteiger partial charge on any atom is -0.444 e. The highest BCUT2D eigenvalue weighted by molar-refractivity contribution is 5.68. The second-order valence-corrected chi connectivity index (χ2v) is 7.60. The fourth-order valence-electron chi connectivity index (χ4n) is 2.72. The lowest BCUT2D eigenvalue weighted by Gasteiger charge is -2.29. The fourth-order valence-corrected chi connectivity index (χ4v) is 2.72. The Morgan fingerprint density at radius 3 is 2.48 bits per heavy atom. The standard InChI is InChI=1S/C16H33N3O2/c1-12(2)14(18(6)7)10-17-13-8-9-19(11-13)15(20)21-16(3,4)5/h12-14,17H,8-11H2,1-7H3. The molecule has 2 unspecified atom stereocenters. The highest BCUT2D eigenvalue weighted by atomic mass is 16.6. The predicted octanol–water partition coefficient (Wildman–Crippen LogP) is 2.17. The summed E-state index contributed by atoms with van der Waals surface area (Å²) in [5, 5.41) is 3.60. The Hall–Kier alpha value is -0.810. The SMILES string of the molecule is CC(C)C(CNC1CCN(C(=O)OC(C)(C)C)C1)N(C)C. The van der Waals surface area contributed by atoms with Gasteiger partial charge in [-0.2, -0.15) is 0 Å². The van der Waals surface area contributed by atoms with Crippen LogP contribution in [0, 0.1) is 5.92 Å². The number of rotatable bonds is 5. The van der Waals surface area contributed by atoms with Crippen molar-refractivity contribution in [1.82, 2.24) is 15.1 Å². The van der Waals surface area contributed by atoms with Crippen LogP contribution in [0.5, 0.6) is 0 Å². The van der Waals surface area contributed by atoms with Gasteiger partial charge in [-0.15, -0.1) is 0 Å². The van der Waals surface area contributed by atoms with E-state index in [4.69, 9.17) is 4.74 Å². The normalized spacial score (nSPS) is 21.2. The van der Waals surface area contributed by atoms with Crippen LogP contribution in [-0.4, -0.2) is 67.3 Å². The molecule has 2 atom stereocenters. The van der Waals surface area contributed by atoms with Gasteiger partial charge in [0.2, 0.25) is 0 Å². The Kier molecular flexibility index (Phi) is 6.47. The van der Waals surface area contributed by atoms with Gasteiger partial charge in [0.05, 0.1) is 0 Å². The zero-order valence-corrected chi connectivity index (χ0v) is 14.8. The Morgan fingerprint density at radius 2 is 2.00 bits per heavy atom. The molecule has 1 aliphatic rings. The molecule has 1 aliphatic heterocycles. The number of likely N-dealkylation sites (tertiary alicyclic amines) is 1. The van der Waals surface area contributed by atoms with Gasteiger partial charge in [-0.1, -0.05) is 13.8 Å². The molecule has 0 saturated carbocycles. The molecule has 5 heteroatoms. The molecule has 124 valence electrons. The van der Waals surface area contributed by atoms with Gasteiger partial charge in [-0.05, 0) is 47.2 Å². The van der Waals surface area contributed by atoms with E-state index in [0.29, 0.717) is 18.0 Å². The van der Waals surface area contributed by atoms with Gasteiger partial charge in [0, 0.05) is 31.7 Å². The van der Waals surface area contributed by atoms with Gasteiger partial charge in [0.15, 0.2) is 0 Å². The molecule has 5 nitrogen and oxygen atoms in total. The first kappa shape index (κ1) is 18.2. The lowest BCUT2D eigenvalue weighted by Crippen LogP contribution is -2.46. The second-order valence-electron chi connectivity index (χ2n) is 7.60. The summed E-state index contributed by atoms with van der Waals surface area (Å²) in [5.41, 5.74) is -0.420. The molecule has 21 heavy (non-hydrogen) atoms. The van der Waals surface area contributed by atoms with Crippen molar-refractivity contribution < 1.29 is 9.53 Å². The number of hydrogen-bond donors (Lipinski definition) is 1. The van der Waals surface area contributed by atoms with E-state index in [1.54, 1.807) is 0 Å². The number of ether oxygens (including phenoxy) is 1. The van der Waals surface area contributed by atoms with E-state index in [0.717, 1.165) is 26.1 Å². The first-order valence-electron chi connectivity index (χ1n) is 7.98. The van der Waals surface area contributed by atoms with E-state index < -0.39 is 5.60 Å². The van der Waals surface area contributed by atoms with Gasteiger partial charge in [-0.25, -0.2) is 4.79 Å². The predicted molar refractivity (Wildman–Crippen MR) is 86.5 cm³/mol. The summed E-state index contributed by atoms with van der Waals surface area (Å²) in [6.45, 7) is 12.7. The first-order chi connectivity index (χ1) is 9.60. The van der Waals surface area contributed by atoms with Gasteiger partial charge >= 0.3 is 6.09 Å². The third kappa shape index (κ3) is 6.22. The van der Waals surface area contributed by atoms with Crippen LogP contribution in [0.15, 0.2) is 0 Å². The van der Waals surface area contributed by atoms with Crippen molar-refractivity contribution >= 4 is 6.09 Å². The summed E-state index contributed by atoms with van der Waals surface area (Å²) in [4.78, 5) is 16.1. The lowest BCUT2D eigenvalue weighted by molar-refractivity contribution is 0.0290. The topological polar surface area (TPSA) is 44.8 Å². The maximum atomic E-state index is 12.0. The molecule has 0 bridgehead atoms. The molecule has 1 amide bonds. The van der Waals surface area contributed by atoms with Crippen molar-refractivity contribution in [2.75, 3.05) is 33.7 Å². The molecule has 1 heterocycles. The van der Waals surface area contributed by atoms with Crippen LogP contribution in [0.2, 0.25) is 0 Å². The van der Waals surface area contributed by atoms with E-state index >= 15 is 0 Å². The molecule has 0 aromatic rings. The Bertz CT molecular complexity index is 329. The van der Waals surface area contributed by atoms with E-state index in [-0.39, 0.29) is 6.09 Å². The molecule has 0 aromatic carbocycles. The van der Waals surface area contributed by atoms with Crippen LogP contribution in [0.1, 0.15) is 41.0 Å². The van der Waals surface area contributed by atoms with Crippen LogP contribution in [0.25, 0.3) is 0 Å². The molecule has 0 aliphatic carbocycles. The molecule has 1 N–H and O–H groups in total. The first-order valence-corrected chi connectivity index (χ1v) is 7.98. The maximum Gasteiger partial charge on any atom is 0.410 e. The lowest BCUT2D eigenvalue weighted by atomic mass is 10.0. The van der Waals surface area contributed by atoms with Crippen molar-refractivity contribution in [1.29, 1.82) is 0 Å². The highest BCUT2D eigenvalue weighted by Gasteiger charge is 2.30. The number of amides is 1. The van der Waals surface area contributed by atoms with Crippen molar-refractivity contribution in [3.05, 3.63) is 0 Å². The Labute approximate surface area is 130 Å². The molecular weight excluding hydrogens is 266 g/mol. The third-order valence-electron chi connectivity index (χ3n) is 3.89. The smallest absolute Gasteiger partial charge is 0.410 e. The average molecular weight is 299 g/mol. The van der Waals surface area contributed by atoms with Crippen molar-refractivity contribution in [3.63, 3.8) is 0 Å². The van der Waals surface area contributed by atoms with E-state index in [9.17, 15) is 4.79 Å². The summed E-state index contributed by atoms with van der Waals surface area (Å²) >= 11 is 0. The number of likely N-dealkylation sites (N-methyl/N-ethyl adjacent to an activating group) is 1. The number of hydrogen-bond acceptors (Lipinski definition) is 4. The minimum absolute atomic E-state index is 0.195. The zero-order valence-electron chi connectivity index (χ0n) is 14.8. The molecule has 0 spiro atoms. The minimum atomic E-state index is -0.420. The van der Waals surface area contributed by atoms with Gasteiger partial charge < -0.3 is 19.9 Å². The van der Waals surface area contributed by atoms with E-state index in [1.165, 1.54) is 0 Å². The van der Waals surface area contributed by atoms with Crippen LogP contribution in [0.3, 0.4) is 0 Å². The largest absolute Gasteiger partial charge is 0.444 e. The zero-order chi connectivity index (χ0) is 16.2. The van der Waals surface area contributed by atoms with Gasteiger partial charge in [-0.3, -0.25) is 0 Å². The van der Waals surface area contributed by atoms with Crippen molar-refractivity contribution in [3.8, 4) is 0 Å². The number of nitrogens with one attached hydrogen (secondary N) is 1. The summed E-state index contributed by atoms with van der Waals surface area (Å²) in [7, 11) is 4.24. The monoisotopic (exact) mass is 299 g/mol. The van der Waals surface area contributed by atoms with E-state index in [1.807, 2.05) is 25.7 Å². The number of carbonyl (C=O) groups excluding carboxylic acids is 1. The maximum absolute atomic E-state index is 12.0. The van der Waals surface area contributed by atoms with Crippen LogP contribution in [0.4, 0.5) is 4.79 Å². The second kappa shape index (κ2) is 7.45. The molecule has 0 aromatic heterocycles. The average Bonchev–Trinajstić information content (AvgIpc) is 2.74. The van der Waals surface area contributed by atoms with E-state index in [2.05, 4.69) is 38.2 Å². The summed E-state index contributed by atoms with van der Waals surface area (Å²) in [6.07, 6.45) is 0.803. The van der Waals surface area contributed by atoms with Crippen LogP contribution < -0.4 is 5.32 Å². The summed E-state index contributed by atoms with van der Waals surface area (Å²) < 4.78 is 5.42. The molecule has 1 fully saturated rings. The third-order valence-corrected chi connectivity index (χ3v) is 3.89. The fraction of sp³-hybridized carbons (Fsp3) is 0.938. The molecular formula is C16H33N3O2. The van der Waals surface area contributed by atoms with Crippen molar-refractivity contribution in [2.45, 2.75) is 58.7 Å². The summed E-state index contributed by atoms with van der Waals surface area (Å²) in [5.74, 6) is 0.607.